The minimum Gasteiger partial charge on any atom is -0.444 e. The van der Waals surface area contributed by atoms with Gasteiger partial charge >= 0.3 is 6.09 Å². The standard InChI is InChI=1S/C25H44N4O5/c1-17(2)14-21(30)22(31)19(15-18-10-7-6-8-11-18)27-23(32)20(16-29-13-9-12-26-29)28-24(33)34-25(3,4)5/h9,12-13,17-22,30-31H,6-8,10-11,14-16H2,1-5H3,(H,27,32)(H,28,33)/t19-,20-,21-,22+/m0/s1. The van der Waals surface area contributed by atoms with Crippen LogP contribution >= 0.6 is 0 Å². The Labute approximate surface area is 203 Å². The lowest BCUT2D eigenvalue weighted by Crippen LogP contribution is -2.56. The molecule has 4 atom stereocenters. The first-order valence-corrected chi connectivity index (χ1v) is 12.6. The molecule has 1 aliphatic carbocycles. The van der Waals surface area contributed by atoms with Crippen LogP contribution in [0.15, 0.2) is 18.5 Å². The molecule has 0 unspecified atom stereocenters. The van der Waals surface area contributed by atoms with Gasteiger partial charge in [-0.15, -0.1) is 0 Å². The third-order valence-electron chi connectivity index (χ3n) is 6.10. The summed E-state index contributed by atoms with van der Waals surface area (Å²) >= 11 is 0. The third kappa shape index (κ3) is 10.0. The Kier molecular flexibility index (Phi) is 10.8. The predicted octanol–water partition coefficient (Wildman–Crippen LogP) is 3.00. The zero-order valence-corrected chi connectivity index (χ0v) is 21.4. The van der Waals surface area contributed by atoms with E-state index < -0.39 is 41.9 Å². The van der Waals surface area contributed by atoms with Gasteiger partial charge in [-0.2, -0.15) is 5.10 Å². The van der Waals surface area contributed by atoms with Crippen molar-refractivity contribution in [1.82, 2.24) is 20.4 Å². The molecule has 34 heavy (non-hydrogen) atoms. The van der Waals surface area contributed by atoms with Gasteiger partial charge in [0, 0.05) is 12.4 Å². The Morgan fingerprint density at radius 2 is 1.82 bits per heavy atom. The lowest BCUT2D eigenvalue weighted by molar-refractivity contribution is -0.126. The van der Waals surface area contributed by atoms with Crippen LogP contribution in [0.3, 0.4) is 0 Å². The second kappa shape index (κ2) is 13.1. The van der Waals surface area contributed by atoms with Gasteiger partial charge in [0.2, 0.25) is 5.91 Å². The summed E-state index contributed by atoms with van der Waals surface area (Å²) in [5.41, 5.74) is -0.711. The van der Waals surface area contributed by atoms with Crippen molar-refractivity contribution in [3.63, 3.8) is 0 Å². The molecule has 0 bridgehead atoms. The van der Waals surface area contributed by atoms with E-state index >= 15 is 0 Å². The van der Waals surface area contributed by atoms with Gasteiger partial charge in [-0.05, 0) is 51.5 Å². The maximum absolute atomic E-state index is 13.4. The average Bonchev–Trinajstić information content (AvgIpc) is 3.24. The van der Waals surface area contributed by atoms with Crippen molar-refractivity contribution in [2.45, 2.75) is 116 Å². The molecule has 2 rings (SSSR count). The molecule has 0 saturated heterocycles. The van der Waals surface area contributed by atoms with Crippen molar-refractivity contribution < 1.29 is 24.5 Å². The second-order valence-corrected chi connectivity index (χ2v) is 11.0. The number of hydrogen-bond donors (Lipinski definition) is 4. The second-order valence-electron chi connectivity index (χ2n) is 11.0. The molecule has 0 spiro atoms. The normalized spacial score (nSPS) is 18.7. The molecule has 1 fully saturated rings. The first-order chi connectivity index (χ1) is 15.9. The molecule has 0 aliphatic heterocycles. The van der Waals surface area contributed by atoms with Crippen molar-refractivity contribution in [2.24, 2.45) is 11.8 Å². The highest BCUT2D eigenvalue weighted by Crippen LogP contribution is 2.29. The van der Waals surface area contributed by atoms with E-state index in [0.29, 0.717) is 18.8 Å². The van der Waals surface area contributed by atoms with Gasteiger partial charge in [0.15, 0.2) is 0 Å². The lowest BCUT2D eigenvalue weighted by atomic mass is 9.82. The zero-order chi connectivity index (χ0) is 25.3. The van der Waals surface area contributed by atoms with E-state index in [1.165, 1.54) is 6.42 Å². The molecular formula is C25H44N4O5. The molecule has 9 heteroatoms. The topological polar surface area (TPSA) is 126 Å². The molecule has 1 aliphatic rings. The van der Waals surface area contributed by atoms with Gasteiger partial charge in [0.25, 0.3) is 0 Å². The third-order valence-corrected chi connectivity index (χ3v) is 6.10. The number of aromatic nitrogens is 2. The molecular weight excluding hydrogens is 436 g/mol. The molecule has 1 saturated carbocycles. The van der Waals surface area contributed by atoms with Crippen LogP contribution in [0, 0.1) is 11.8 Å². The van der Waals surface area contributed by atoms with Crippen molar-refractivity contribution in [1.29, 1.82) is 0 Å². The van der Waals surface area contributed by atoms with E-state index in [0.717, 1.165) is 25.7 Å². The summed E-state index contributed by atoms with van der Waals surface area (Å²) in [5, 5.41) is 31.3. The lowest BCUT2D eigenvalue weighted by Gasteiger charge is -2.33. The molecule has 2 amide bonds. The first-order valence-electron chi connectivity index (χ1n) is 12.6. The van der Waals surface area contributed by atoms with Crippen molar-refractivity contribution in [3.8, 4) is 0 Å². The highest BCUT2D eigenvalue weighted by atomic mass is 16.6. The number of carbonyl (C=O) groups is 2. The number of rotatable bonds is 11. The summed E-state index contributed by atoms with van der Waals surface area (Å²) < 4.78 is 6.90. The minimum absolute atomic E-state index is 0.110. The molecule has 1 aromatic heterocycles. The summed E-state index contributed by atoms with van der Waals surface area (Å²) in [4.78, 5) is 25.8. The van der Waals surface area contributed by atoms with E-state index in [9.17, 15) is 19.8 Å². The SMILES string of the molecule is CC(C)C[C@H](O)[C@H](O)[C@H](CC1CCCCC1)NC(=O)[C@H](Cn1cccn1)NC(=O)OC(C)(C)C. The Morgan fingerprint density at radius 3 is 2.38 bits per heavy atom. The fourth-order valence-electron chi connectivity index (χ4n) is 4.48. The number of ether oxygens (including phenoxy) is 1. The quantitative estimate of drug-likeness (QED) is 0.386. The zero-order valence-electron chi connectivity index (χ0n) is 21.4. The fraction of sp³-hybridized carbons (Fsp3) is 0.800. The summed E-state index contributed by atoms with van der Waals surface area (Å²) in [6.45, 7) is 9.33. The van der Waals surface area contributed by atoms with Crippen LogP contribution in [-0.4, -0.2) is 61.9 Å². The van der Waals surface area contributed by atoms with Gasteiger partial charge in [-0.1, -0.05) is 46.0 Å². The van der Waals surface area contributed by atoms with Crippen molar-refractivity contribution in [2.75, 3.05) is 0 Å². The van der Waals surface area contributed by atoms with E-state index in [1.54, 1.807) is 43.9 Å². The summed E-state index contributed by atoms with van der Waals surface area (Å²) in [6.07, 6.45) is 7.15. The monoisotopic (exact) mass is 480 g/mol. The van der Waals surface area contributed by atoms with E-state index in [1.807, 2.05) is 13.8 Å². The average molecular weight is 481 g/mol. The summed E-state index contributed by atoms with van der Waals surface area (Å²) in [5.74, 6) is 0.137. The number of aliphatic hydroxyl groups excluding tert-OH is 2. The number of carbonyl (C=O) groups excluding carboxylic acids is 2. The van der Waals surface area contributed by atoms with E-state index in [2.05, 4.69) is 15.7 Å². The number of hydrogen-bond acceptors (Lipinski definition) is 6. The maximum Gasteiger partial charge on any atom is 0.408 e. The highest BCUT2D eigenvalue weighted by Gasteiger charge is 2.33. The summed E-state index contributed by atoms with van der Waals surface area (Å²) in [6, 6.07) is 0.156. The number of nitrogens with zero attached hydrogens (tertiary/aromatic N) is 2. The van der Waals surface area contributed by atoms with E-state index in [4.69, 9.17) is 4.74 Å². The molecule has 0 aromatic carbocycles. The minimum atomic E-state index is -1.10. The highest BCUT2D eigenvalue weighted by molar-refractivity contribution is 5.85. The molecule has 1 aromatic rings. The molecule has 4 N–H and O–H groups in total. The molecule has 9 nitrogen and oxygen atoms in total. The Balaban J connectivity index is 2.16. The number of aliphatic hydroxyl groups is 2. The molecule has 194 valence electrons. The Hall–Kier alpha value is -2.13. The van der Waals surface area contributed by atoms with Crippen LogP contribution in [0.5, 0.6) is 0 Å². The van der Waals surface area contributed by atoms with Crippen LogP contribution < -0.4 is 10.6 Å². The van der Waals surface area contributed by atoms with Gasteiger partial charge < -0.3 is 25.6 Å². The van der Waals surface area contributed by atoms with Gasteiger partial charge in [-0.3, -0.25) is 9.48 Å². The van der Waals surface area contributed by atoms with E-state index in [-0.39, 0.29) is 12.5 Å². The fourth-order valence-corrected chi connectivity index (χ4v) is 4.48. The first kappa shape index (κ1) is 28.1. The molecule has 0 radical (unpaired) electrons. The van der Waals surface area contributed by atoms with Gasteiger partial charge in [0.1, 0.15) is 17.7 Å². The number of nitrogens with one attached hydrogen (secondary N) is 2. The number of amides is 2. The number of alkyl carbamates (subject to hydrolysis) is 1. The largest absolute Gasteiger partial charge is 0.444 e. The Morgan fingerprint density at radius 1 is 1.15 bits per heavy atom. The molecule has 1 heterocycles. The van der Waals surface area contributed by atoms with Crippen LogP contribution in [0.1, 0.15) is 79.6 Å². The van der Waals surface area contributed by atoms with Gasteiger partial charge in [0.05, 0.1) is 18.7 Å². The van der Waals surface area contributed by atoms with Crippen LogP contribution in [0.4, 0.5) is 4.79 Å². The van der Waals surface area contributed by atoms with Gasteiger partial charge in [-0.25, -0.2) is 4.79 Å². The maximum atomic E-state index is 13.4. The summed E-state index contributed by atoms with van der Waals surface area (Å²) in [7, 11) is 0. The van der Waals surface area contributed by atoms with Crippen LogP contribution in [0.25, 0.3) is 0 Å². The van der Waals surface area contributed by atoms with Crippen molar-refractivity contribution in [3.05, 3.63) is 18.5 Å². The van der Waals surface area contributed by atoms with Crippen LogP contribution in [-0.2, 0) is 16.1 Å². The van der Waals surface area contributed by atoms with Crippen LogP contribution in [0.2, 0.25) is 0 Å². The smallest absolute Gasteiger partial charge is 0.408 e. The predicted molar refractivity (Wildman–Crippen MR) is 130 cm³/mol. The van der Waals surface area contributed by atoms with Crippen molar-refractivity contribution >= 4 is 12.0 Å². The Bertz CT molecular complexity index is 741.